The van der Waals surface area contributed by atoms with E-state index in [0.29, 0.717) is 0 Å². The second-order valence-electron chi connectivity index (χ2n) is 3.13. The van der Waals surface area contributed by atoms with Gasteiger partial charge < -0.3 is 21.0 Å². The lowest BCUT2D eigenvalue weighted by Crippen LogP contribution is -2.22. The van der Waals surface area contributed by atoms with Crippen LogP contribution in [0, 0.1) is 5.82 Å². The van der Waals surface area contributed by atoms with Gasteiger partial charge in [-0.25, -0.2) is 4.39 Å². The molecule has 17 heavy (non-hydrogen) atoms. The van der Waals surface area contributed by atoms with Crippen molar-refractivity contribution in [2.75, 3.05) is 19.0 Å². The summed E-state index contributed by atoms with van der Waals surface area (Å²) in [5, 5.41) is 13.6. The van der Waals surface area contributed by atoms with Crippen molar-refractivity contribution in [3.8, 4) is 0 Å². The molecular weight excluding hydrogens is 229 g/mol. The number of amides is 1. The average molecular weight is 241 g/mol. The quantitative estimate of drug-likeness (QED) is 0.309. The van der Waals surface area contributed by atoms with Crippen molar-refractivity contribution in [3.63, 3.8) is 0 Å². The molecule has 1 aromatic carbocycles. The number of nitrogens with one attached hydrogen (secondary N) is 1. The molecule has 1 aromatic rings. The molecule has 92 valence electrons. The highest BCUT2D eigenvalue weighted by Crippen LogP contribution is 2.18. The van der Waals surface area contributed by atoms with Crippen molar-refractivity contribution in [2.45, 2.75) is 0 Å². The summed E-state index contributed by atoms with van der Waals surface area (Å²) in [6.45, 7) is -0.174. The highest BCUT2D eigenvalue weighted by Gasteiger charge is 2.14. The fraction of sp³-hybridized carbons (Fsp3) is 0.200. The lowest BCUT2D eigenvalue weighted by atomic mass is 10.1. The van der Waals surface area contributed by atoms with Gasteiger partial charge in [0.1, 0.15) is 12.4 Å². The second-order valence-corrected chi connectivity index (χ2v) is 3.13. The van der Waals surface area contributed by atoms with E-state index in [1.165, 1.54) is 19.2 Å². The van der Waals surface area contributed by atoms with Crippen molar-refractivity contribution >= 4 is 17.4 Å². The predicted octanol–water partition coefficient (Wildman–Crippen LogP) is 0.505. The first kappa shape index (κ1) is 12.9. The normalized spacial score (nSPS) is 11.3. The molecule has 1 rings (SSSR count). The van der Waals surface area contributed by atoms with Gasteiger partial charge in [0.15, 0.2) is 5.84 Å². The minimum atomic E-state index is -0.699. The Balaban J connectivity index is 3.07. The highest BCUT2D eigenvalue weighted by molar-refractivity contribution is 6.05. The SMILES string of the molecule is COCC(=O)Nc1cccc(F)c1C(N)=NO. The number of nitrogens with two attached hydrogens (primary N) is 1. The molecule has 0 saturated carbocycles. The second kappa shape index (κ2) is 5.80. The zero-order valence-corrected chi connectivity index (χ0v) is 9.11. The van der Waals surface area contributed by atoms with Crippen molar-refractivity contribution in [3.05, 3.63) is 29.6 Å². The summed E-state index contributed by atoms with van der Waals surface area (Å²) >= 11 is 0. The van der Waals surface area contributed by atoms with E-state index in [-0.39, 0.29) is 17.9 Å². The fourth-order valence-electron chi connectivity index (χ4n) is 1.26. The third-order valence-electron chi connectivity index (χ3n) is 1.93. The maximum Gasteiger partial charge on any atom is 0.250 e. The largest absolute Gasteiger partial charge is 0.409 e. The first-order chi connectivity index (χ1) is 8.10. The van der Waals surface area contributed by atoms with Gasteiger partial charge in [0, 0.05) is 7.11 Å². The van der Waals surface area contributed by atoms with Gasteiger partial charge in [-0.05, 0) is 12.1 Å². The van der Waals surface area contributed by atoms with Crippen LogP contribution in [0.2, 0.25) is 0 Å². The number of rotatable bonds is 4. The van der Waals surface area contributed by atoms with Gasteiger partial charge >= 0.3 is 0 Å². The molecule has 0 radical (unpaired) electrons. The van der Waals surface area contributed by atoms with Gasteiger partial charge in [-0.2, -0.15) is 0 Å². The minimum Gasteiger partial charge on any atom is -0.409 e. The number of carbonyl (C=O) groups is 1. The summed E-state index contributed by atoms with van der Waals surface area (Å²) in [7, 11) is 1.36. The molecule has 0 aliphatic carbocycles. The third kappa shape index (κ3) is 3.15. The van der Waals surface area contributed by atoms with Crippen LogP contribution >= 0.6 is 0 Å². The fourth-order valence-corrected chi connectivity index (χ4v) is 1.26. The number of amidine groups is 1. The third-order valence-corrected chi connectivity index (χ3v) is 1.93. The molecule has 0 spiro atoms. The number of benzene rings is 1. The number of methoxy groups -OCH3 is 1. The summed E-state index contributed by atoms with van der Waals surface area (Å²) in [5.41, 5.74) is 5.27. The van der Waals surface area contributed by atoms with Crippen molar-refractivity contribution in [2.24, 2.45) is 10.9 Å². The van der Waals surface area contributed by atoms with Crippen LogP contribution in [-0.4, -0.2) is 30.7 Å². The van der Waals surface area contributed by atoms with Crippen LogP contribution in [0.1, 0.15) is 5.56 Å². The molecule has 0 fully saturated rings. The van der Waals surface area contributed by atoms with Gasteiger partial charge in [-0.1, -0.05) is 11.2 Å². The Morgan fingerprint density at radius 1 is 1.65 bits per heavy atom. The Labute approximate surface area is 96.9 Å². The Kier molecular flexibility index (Phi) is 4.41. The highest BCUT2D eigenvalue weighted by atomic mass is 19.1. The predicted molar refractivity (Wildman–Crippen MR) is 59.4 cm³/mol. The van der Waals surface area contributed by atoms with E-state index in [1.54, 1.807) is 0 Å². The Morgan fingerprint density at radius 3 is 2.94 bits per heavy atom. The lowest BCUT2D eigenvalue weighted by Gasteiger charge is -2.10. The van der Waals surface area contributed by atoms with Gasteiger partial charge in [-0.3, -0.25) is 4.79 Å². The van der Waals surface area contributed by atoms with Crippen molar-refractivity contribution in [1.29, 1.82) is 0 Å². The summed E-state index contributed by atoms with van der Waals surface area (Å²) in [4.78, 5) is 11.3. The molecule has 7 heteroatoms. The number of halogens is 1. The molecular formula is C10H12FN3O3. The zero-order valence-electron chi connectivity index (χ0n) is 9.11. The number of nitrogens with zero attached hydrogens (tertiary/aromatic N) is 1. The van der Waals surface area contributed by atoms with Crippen LogP contribution in [0.5, 0.6) is 0 Å². The van der Waals surface area contributed by atoms with Gasteiger partial charge in [-0.15, -0.1) is 0 Å². The van der Waals surface area contributed by atoms with Crippen LogP contribution in [0.4, 0.5) is 10.1 Å². The van der Waals surface area contributed by atoms with E-state index in [4.69, 9.17) is 10.9 Å². The van der Waals surface area contributed by atoms with Crippen LogP contribution in [0.15, 0.2) is 23.4 Å². The van der Waals surface area contributed by atoms with Gasteiger partial charge in [0.2, 0.25) is 5.91 Å². The van der Waals surface area contributed by atoms with Crippen LogP contribution in [0.25, 0.3) is 0 Å². The Hall–Kier alpha value is -2.15. The van der Waals surface area contributed by atoms with Crippen molar-refractivity contribution in [1.82, 2.24) is 0 Å². The van der Waals surface area contributed by atoms with E-state index in [2.05, 4.69) is 15.2 Å². The number of hydrogen-bond acceptors (Lipinski definition) is 4. The minimum absolute atomic E-state index is 0.113. The molecule has 0 aliphatic heterocycles. The molecule has 0 aliphatic rings. The van der Waals surface area contributed by atoms with Crippen molar-refractivity contribution < 1.29 is 19.1 Å². The summed E-state index contributed by atoms with van der Waals surface area (Å²) in [6, 6.07) is 3.97. The first-order valence-electron chi connectivity index (χ1n) is 4.65. The average Bonchev–Trinajstić information content (AvgIpc) is 2.28. The Morgan fingerprint density at radius 2 is 2.35 bits per heavy atom. The molecule has 0 saturated heterocycles. The first-order valence-corrected chi connectivity index (χ1v) is 4.65. The number of oxime groups is 1. The molecule has 0 aromatic heterocycles. The van der Waals surface area contributed by atoms with E-state index in [0.717, 1.165) is 6.07 Å². The standard InChI is InChI=1S/C10H12FN3O3/c1-17-5-8(15)13-7-4-2-3-6(11)9(7)10(12)14-16/h2-4,16H,5H2,1H3,(H2,12,14)(H,13,15). The van der Waals surface area contributed by atoms with Crippen LogP contribution in [-0.2, 0) is 9.53 Å². The lowest BCUT2D eigenvalue weighted by molar-refractivity contribution is -0.119. The zero-order chi connectivity index (χ0) is 12.8. The maximum atomic E-state index is 13.5. The van der Waals surface area contributed by atoms with E-state index >= 15 is 0 Å². The number of carbonyl (C=O) groups excluding carboxylic acids is 1. The van der Waals surface area contributed by atoms with E-state index in [1.807, 2.05) is 0 Å². The number of ether oxygens (including phenoxy) is 1. The summed E-state index contributed by atoms with van der Waals surface area (Å²) < 4.78 is 18.1. The molecule has 0 bridgehead atoms. The Bertz CT molecular complexity index is 448. The van der Waals surface area contributed by atoms with Gasteiger partial charge in [0.05, 0.1) is 11.3 Å². The summed E-state index contributed by atoms with van der Waals surface area (Å²) in [6.07, 6.45) is 0. The molecule has 0 atom stereocenters. The number of anilines is 1. The van der Waals surface area contributed by atoms with E-state index in [9.17, 15) is 9.18 Å². The number of hydrogen-bond donors (Lipinski definition) is 3. The molecule has 4 N–H and O–H groups in total. The topological polar surface area (TPSA) is 96.9 Å². The molecule has 6 nitrogen and oxygen atoms in total. The van der Waals surface area contributed by atoms with Crippen LogP contribution in [0.3, 0.4) is 0 Å². The van der Waals surface area contributed by atoms with Crippen LogP contribution < -0.4 is 11.1 Å². The summed E-state index contributed by atoms with van der Waals surface area (Å²) in [5.74, 6) is -1.59. The van der Waals surface area contributed by atoms with Gasteiger partial charge in [0.25, 0.3) is 0 Å². The molecule has 0 heterocycles. The van der Waals surface area contributed by atoms with E-state index < -0.39 is 17.6 Å². The molecule has 1 amide bonds. The monoisotopic (exact) mass is 241 g/mol. The smallest absolute Gasteiger partial charge is 0.250 e. The molecule has 0 unspecified atom stereocenters. The maximum absolute atomic E-state index is 13.5.